The number of aryl methyl sites for hydroxylation is 1. The zero-order chi connectivity index (χ0) is 20.8. The van der Waals surface area contributed by atoms with Gasteiger partial charge in [0.2, 0.25) is 0 Å². The Morgan fingerprint density at radius 1 is 1.21 bits per heavy atom. The number of amides is 1. The van der Waals surface area contributed by atoms with Gasteiger partial charge >= 0.3 is 0 Å². The first-order chi connectivity index (χ1) is 13.3. The predicted molar refractivity (Wildman–Crippen MR) is 105 cm³/mol. The first-order valence-electron chi connectivity index (χ1n) is 8.99. The number of ether oxygens (including phenoxy) is 2. The number of phenolic OH excluding ortho intramolecular Hbond substituents is 1. The summed E-state index contributed by atoms with van der Waals surface area (Å²) < 4.78 is 10.9. The quantitative estimate of drug-likeness (QED) is 0.367. The summed E-state index contributed by atoms with van der Waals surface area (Å²) in [7, 11) is 3.47. The van der Waals surface area contributed by atoms with Crippen molar-refractivity contribution in [2.45, 2.75) is 20.8 Å². The Morgan fingerprint density at radius 2 is 1.86 bits per heavy atom. The van der Waals surface area contributed by atoms with E-state index in [9.17, 15) is 14.7 Å². The van der Waals surface area contributed by atoms with Gasteiger partial charge < -0.3 is 24.4 Å². The van der Waals surface area contributed by atoms with E-state index < -0.39 is 0 Å². The van der Waals surface area contributed by atoms with Gasteiger partial charge in [0.15, 0.2) is 17.8 Å². The molecule has 1 amide bonds. The lowest BCUT2D eigenvalue weighted by Crippen LogP contribution is -2.46. The van der Waals surface area contributed by atoms with Crippen LogP contribution in [0.2, 0.25) is 0 Å². The molecule has 7 nitrogen and oxygen atoms in total. The van der Waals surface area contributed by atoms with Gasteiger partial charge in [-0.05, 0) is 45.4 Å². The number of benzene rings is 1. The number of carbonyl (C=O) groups is 2. The van der Waals surface area contributed by atoms with Gasteiger partial charge in [-0.2, -0.15) is 0 Å². The van der Waals surface area contributed by atoms with Crippen LogP contribution in [0, 0.1) is 25.7 Å². The number of carbonyl (C=O) groups excluding carboxylic acids is 2. The van der Waals surface area contributed by atoms with Crippen molar-refractivity contribution in [1.29, 1.82) is 0 Å². The Kier molecular flexibility index (Phi) is 7.07. The van der Waals surface area contributed by atoms with Crippen molar-refractivity contribution >= 4 is 12.2 Å². The Balaban J connectivity index is 2.23. The second kappa shape index (κ2) is 9.29. The minimum absolute atomic E-state index is 0.0279. The molecule has 1 aliphatic heterocycles. The molecule has 1 heterocycles. The van der Waals surface area contributed by atoms with Gasteiger partial charge in [0.05, 0.1) is 7.11 Å². The van der Waals surface area contributed by atoms with E-state index in [0.717, 1.165) is 18.7 Å². The summed E-state index contributed by atoms with van der Waals surface area (Å²) in [5.41, 5.74) is 1.30. The van der Waals surface area contributed by atoms with Gasteiger partial charge in [0.25, 0.3) is 5.91 Å². The van der Waals surface area contributed by atoms with Crippen molar-refractivity contribution in [3.05, 3.63) is 28.5 Å². The normalized spacial score (nSPS) is 15.2. The smallest absolute Gasteiger partial charge is 0.298 e. The molecule has 0 spiro atoms. The Morgan fingerprint density at radius 3 is 2.43 bits per heavy atom. The van der Waals surface area contributed by atoms with Crippen molar-refractivity contribution in [1.82, 2.24) is 9.80 Å². The average Bonchev–Trinajstić information content (AvgIpc) is 2.68. The minimum atomic E-state index is -0.310. The number of phenols is 1. The molecule has 0 saturated carbocycles. The highest BCUT2D eigenvalue weighted by molar-refractivity contribution is 5.96. The highest BCUT2D eigenvalue weighted by Gasteiger charge is 2.18. The molecule has 1 aliphatic rings. The van der Waals surface area contributed by atoms with Gasteiger partial charge in [-0.3, -0.25) is 9.59 Å². The molecule has 28 heavy (non-hydrogen) atoms. The second-order valence-corrected chi connectivity index (χ2v) is 6.73. The summed E-state index contributed by atoms with van der Waals surface area (Å²) in [5.74, 6) is 5.82. The highest BCUT2D eigenvalue weighted by Crippen LogP contribution is 2.39. The fourth-order valence-electron chi connectivity index (χ4n) is 2.85. The van der Waals surface area contributed by atoms with Crippen LogP contribution in [0.3, 0.4) is 0 Å². The third kappa shape index (κ3) is 4.84. The SMILES string of the molecule is COc1cc(C)c(O/C(C)=C(/C#CC(=O)N2CCN(C)CC2)C=O)c(C)c1O. The summed E-state index contributed by atoms with van der Waals surface area (Å²) in [6.45, 7) is 7.92. The summed E-state index contributed by atoms with van der Waals surface area (Å²) >= 11 is 0. The van der Waals surface area contributed by atoms with E-state index in [4.69, 9.17) is 9.47 Å². The van der Waals surface area contributed by atoms with Crippen LogP contribution in [0.5, 0.6) is 17.2 Å². The number of aromatic hydroxyl groups is 1. The van der Waals surface area contributed by atoms with E-state index in [1.165, 1.54) is 7.11 Å². The number of hydrogen-bond acceptors (Lipinski definition) is 6. The van der Waals surface area contributed by atoms with Crippen LogP contribution in [0.15, 0.2) is 17.4 Å². The maximum atomic E-state index is 12.2. The highest BCUT2D eigenvalue weighted by atomic mass is 16.5. The number of likely N-dealkylation sites (N-methyl/N-ethyl adjacent to an activating group) is 1. The van der Waals surface area contributed by atoms with E-state index >= 15 is 0 Å². The van der Waals surface area contributed by atoms with Gasteiger partial charge in [-0.1, -0.05) is 0 Å². The summed E-state index contributed by atoms with van der Waals surface area (Å²) in [4.78, 5) is 27.5. The molecule has 2 rings (SSSR count). The number of piperazine rings is 1. The molecule has 0 bridgehead atoms. The first kappa shape index (κ1) is 21.3. The summed E-state index contributed by atoms with van der Waals surface area (Å²) in [5, 5.41) is 10.2. The van der Waals surface area contributed by atoms with Crippen LogP contribution < -0.4 is 9.47 Å². The Bertz CT molecular complexity index is 856. The molecule has 1 fully saturated rings. The van der Waals surface area contributed by atoms with Crippen molar-refractivity contribution in [2.75, 3.05) is 40.3 Å². The van der Waals surface area contributed by atoms with Crippen molar-refractivity contribution in [2.24, 2.45) is 0 Å². The van der Waals surface area contributed by atoms with E-state index in [1.54, 1.807) is 31.7 Å². The number of allylic oxidation sites excluding steroid dienone is 2. The molecule has 150 valence electrons. The molecule has 1 aromatic carbocycles. The van der Waals surface area contributed by atoms with Crippen LogP contribution in [0.4, 0.5) is 0 Å². The van der Waals surface area contributed by atoms with Gasteiger partial charge in [-0.15, -0.1) is 0 Å². The molecule has 0 aliphatic carbocycles. The number of aldehydes is 1. The van der Waals surface area contributed by atoms with E-state index in [-0.39, 0.29) is 23.0 Å². The molecule has 0 atom stereocenters. The van der Waals surface area contributed by atoms with E-state index in [0.29, 0.717) is 36.4 Å². The maximum absolute atomic E-state index is 12.2. The molecule has 7 heteroatoms. The minimum Gasteiger partial charge on any atom is -0.504 e. The lowest BCUT2D eigenvalue weighted by molar-refractivity contribution is -0.126. The molecule has 1 aromatic rings. The van der Waals surface area contributed by atoms with Gasteiger partial charge in [-0.25, -0.2) is 0 Å². The zero-order valence-corrected chi connectivity index (χ0v) is 17.0. The van der Waals surface area contributed by atoms with Crippen LogP contribution in [0.25, 0.3) is 0 Å². The molecular formula is C21H26N2O5. The van der Waals surface area contributed by atoms with Crippen LogP contribution >= 0.6 is 0 Å². The van der Waals surface area contributed by atoms with Crippen LogP contribution in [0.1, 0.15) is 18.1 Å². The zero-order valence-electron chi connectivity index (χ0n) is 17.0. The number of nitrogens with zero attached hydrogens (tertiary/aromatic N) is 2. The lowest BCUT2D eigenvalue weighted by Gasteiger charge is -2.30. The van der Waals surface area contributed by atoms with E-state index in [2.05, 4.69) is 16.7 Å². The van der Waals surface area contributed by atoms with Crippen molar-refractivity contribution < 1.29 is 24.2 Å². The largest absolute Gasteiger partial charge is 0.504 e. The summed E-state index contributed by atoms with van der Waals surface area (Å²) in [6.07, 6.45) is 0.563. The van der Waals surface area contributed by atoms with Crippen molar-refractivity contribution in [3.63, 3.8) is 0 Å². The Hall–Kier alpha value is -2.98. The Labute approximate surface area is 165 Å². The molecule has 1 N–H and O–H groups in total. The molecule has 0 unspecified atom stereocenters. The van der Waals surface area contributed by atoms with Gasteiger partial charge in [0, 0.05) is 37.7 Å². The third-order valence-corrected chi connectivity index (χ3v) is 4.70. The predicted octanol–water partition coefficient (Wildman–Crippen LogP) is 1.65. The third-order valence-electron chi connectivity index (χ3n) is 4.70. The molecule has 0 aromatic heterocycles. The fourth-order valence-corrected chi connectivity index (χ4v) is 2.85. The van der Waals surface area contributed by atoms with E-state index in [1.807, 2.05) is 7.05 Å². The number of hydrogen-bond donors (Lipinski definition) is 1. The van der Waals surface area contributed by atoms with Crippen LogP contribution in [-0.2, 0) is 9.59 Å². The van der Waals surface area contributed by atoms with Crippen LogP contribution in [-0.4, -0.2) is 67.4 Å². The van der Waals surface area contributed by atoms with Gasteiger partial charge in [0.1, 0.15) is 17.1 Å². The van der Waals surface area contributed by atoms with Crippen molar-refractivity contribution in [3.8, 4) is 29.1 Å². The molecule has 1 saturated heterocycles. The maximum Gasteiger partial charge on any atom is 0.298 e. The average molecular weight is 386 g/mol. The molecular weight excluding hydrogens is 360 g/mol. The topological polar surface area (TPSA) is 79.3 Å². The number of rotatable bonds is 4. The molecule has 0 radical (unpaired) electrons. The monoisotopic (exact) mass is 386 g/mol. The second-order valence-electron chi connectivity index (χ2n) is 6.73. The summed E-state index contributed by atoms with van der Waals surface area (Å²) in [6, 6.07) is 1.65. The standard InChI is InChI=1S/C21H26N2O5/c1-14-12-18(27-5)20(26)15(2)21(14)28-16(3)17(13-24)6-7-19(25)23-10-8-22(4)9-11-23/h12-13,26H,8-11H2,1-5H3/b17-16-. The lowest BCUT2D eigenvalue weighted by atomic mass is 10.1. The fraction of sp³-hybridized carbons (Fsp3) is 0.429. The number of methoxy groups -OCH3 is 1. The first-order valence-corrected chi connectivity index (χ1v) is 8.99.